The molecule has 20 heavy (non-hydrogen) atoms. The van der Waals surface area contributed by atoms with Gasteiger partial charge in [-0.1, -0.05) is 26.0 Å². The maximum Gasteiger partial charge on any atom is 0.240 e. The molecule has 2 amide bonds. The van der Waals surface area contributed by atoms with Crippen LogP contribution in [-0.4, -0.2) is 17.4 Å². The van der Waals surface area contributed by atoms with Gasteiger partial charge in [-0.05, 0) is 30.5 Å². The SMILES string of the molecule is CC(C)C(=O)Nc1cccc(CNC(=O)C2(N)CC2)c1. The van der Waals surface area contributed by atoms with Crippen LogP contribution in [0.4, 0.5) is 5.69 Å². The zero-order valence-electron chi connectivity index (χ0n) is 11.9. The van der Waals surface area contributed by atoms with Crippen LogP contribution < -0.4 is 16.4 Å². The molecule has 1 saturated carbocycles. The Kier molecular flexibility index (Phi) is 4.09. The van der Waals surface area contributed by atoms with Crippen LogP contribution >= 0.6 is 0 Å². The highest BCUT2D eigenvalue weighted by Gasteiger charge is 2.45. The summed E-state index contributed by atoms with van der Waals surface area (Å²) in [5.41, 5.74) is 6.84. The predicted octanol–water partition coefficient (Wildman–Crippen LogP) is 1.39. The first-order chi connectivity index (χ1) is 9.40. The van der Waals surface area contributed by atoms with E-state index < -0.39 is 5.54 Å². The smallest absolute Gasteiger partial charge is 0.240 e. The summed E-state index contributed by atoms with van der Waals surface area (Å²) in [6.45, 7) is 4.11. The molecule has 0 atom stereocenters. The van der Waals surface area contributed by atoms with Crippen LogP contribution in [0.5, 0.6) is 0 Å². The lowest BCUT2D eigenvalue weighted by Gasteiger charge is -2.12. The van der Waals surface area contributed by atoms with E-state index in [2.05, 4.69) is 10.6 Å². The van der Waals surface area contributed by atoms with Crippen molar-refractivity contribution in [1.82, 2.24) is 5.32 Å². The number of hydrogen-bond acceptors (Lipinski definition) is 3. The van der Waals surface area contributed by atoms with E-state index in [1.54, 1.807) is 0 Å². The lowest BCUT2D eigenvalue weighted by molar-refractivity contribution is -0.123. The van der Waals surface area contributed by atoms with E-state index in [-0.39, 0.29) is 17.7 Å². The molecule has 5 heteroatoms. The molecule has 0 radical (unpaired) electrons. The van der Waals surface area contributed by atoms with E-state index in [9.17, 15) is 9.59 Å². The van der Waals surface area contributed by atoms with Gasteiger partial charge in [0.15, 0.2) is 0 Å². The van der Waals surface area contributed by atoms with E-state index in [1.165, 1.54) is 0 Å². The van der Waals surface area contributed by atoms with Crippen LogP contribution in [-0.2, 0) is 16.1 Å². The van der Waals surface area contributed by atoms with Gasteiger partial charge in [-0.2, -0.15) is 0 Å². The van der Waals surface area contributed by atoms with Crippen LogP contribution in [0.1, 0.15) is 32.3 Å². The molecule has 1 aromatic carbocycles. The average molecular weight is 275 g/mol. The number of anilines is 1. The third-order valence-corrected chi connectivity index (χ3v) is 3.41. The molecule has 0 heterocycles. The molecule has 5 nitrogen and oxygen atoms in total. The summed E-state index contributed by atoms with van der Waals surface area (Å²) in [4.78, 5) is 23.4. The number of amides is 2. The second kappa shape index (κ2) is 5.63. The Morgan fingerprint density at radius 2 is 2.05 bits per heavy atom. The Morgan fingerprint density at radius 1 is 1.35 bits per heavy atom. The van der Waals surface area contributed by atoms with Gasteiger partial charge in [-0.15, -0.1) is 0 Å². The first kappa shape index (κ1) is 14.5. The largest absolute Gasteiger partial charge is 0.350 e. The summed E-state index contributed by atoms with van der Waals surface area (Å²) in [6, 6.07) is 7.45. The van der Waals surface area contributed by atoms with Crippen molar-refractivity contribution in [1.29, 1.82) is 0 Å². The maximum absolute atomic E-state index is 11.7. The normalized spacial score (nSPS) is 15.8. The summed E-state index contributed by atoms with van der Waals surface area (Å²) < 4.78 is 0. The van der Waals surface area contributed by atoms with Crippen molar-refractivity contribution < 1.29 is 9.59 Å². The molecule has 0 aliphatic heterocycles. The van der Waals surface area contributed by atoms with Crippen molar-refractivity contribution in [3.8, 4) is 0 Å². The topological polar surface area (TPSA) is 84.2 Å². The van der Waals surface area contributed by atoms with Gasteiger partial charge in [-0.3, -0.25) is 9.59 Å². The minimum atomic E-state index is -0.649. The number of hydrogen-bond donors (Lipinski definition) is 3. The molecule has 1 fully saturated rings. The van der Waals surface area contributed by atoms with Crippen molar-refractivity contribution in [3.63, 3.8) is 0 Å². The summed E-state index contributed by atoms with van der Waals surface area (Å²) in [6.07, 6.45) is 1.51. The molecule has 0 bridgehead atoms. The van der Waals surface area contributed by atoms with Gasteiger partial charge in [0.2, 0.25) is 11.8 Å². The van der Waals surface area contributed by atoms with Gasteiger partial charge < -0.3 is 16.4 Å². The average Bonchev–Trinajstić information content (AvgIpc) is 3.15. The van der Waals surface area contributed by atoms with Crippen molar-refractivity contribution in [2.45, 2.75) is 38.8 Å². The Morgan fingerprint density at radius 3 is 2.65 bits per heavy atom. The third-order valence-electron chi connectivity index (χ3n) is 3.41. The molecule has 0 saturated heterocycles. The standard InChI is InChI=1S/C15H21N3O2/c1-10(2)13(19)18-12-5-3-4-11(8-12)9-17-14(20)15(16)6-7-15/h3-5,8,10H,6-7,9,16H2,1-2H3,(H,17,20)(H,18,19). The van der Waals surface area contributed by atoms with E-state index in [0.29, 0.717) is 6.54 Å². The van der Waals surface area contributed by atoms with Crippen molar-refractivity contribution in [3.05, 3.63) is 29.8 Å². The van der Waals surface area contributed by atoms with Gasteiger partial charge in [0.25, 0.3) is 0 Å². The Bertz CT molecular complexity index is 522. The van der Waals surface area contributed by atoms with Crippen molar-refractivity contribution in [2.75, 3.05) is 5.32 Å². The number of nitrogens with one attached hydrogen (secondary N) is 2. The quantitative estimate of drug-likeness (QED) is 0.759. The molecule has 2 rings (SSSR count). The van der Waals surface area contributed by atoms with E-state index in [1.807, 2.05) is 38.1 Å². The van der Waals surface area contributed by atoms with Gasteiger partial charge in [-0.25, -0.2) is 0 Å². The number of nitrogens with two attached hydrogens (primary N) is 1. The second-order valence-corrected chi connectivity index (χ2v) is 5.68. The second-order valence-electron chi connectivity index (χ2n) is 5.68. The minimum Gasteiger partial charge on any atom is -0.350 e. The summed E-state index contributed by atoms with van der Waals surface area (Å²) >= 11 is 0. The highest BCUT2D eigenvalue weighted by Crippen LogP contribution is 2.32. The highest BCUT2D eigenvalue weighted by atomic mass is 16.2. The Balaban J connectivity index is 1.92. The molecule has 108 valence electrons. The first-order valence-corrected chi connectivity index (χ1v) is 6.88. The molecule has 0 unspecified atom stereocenters. The van der Waals surface area contributed by atoms with Crippen LogP contribution in [0, 0.1) is 5.92 Å². The van der Waals surface area contributed by atoms with Crippen LogP contribution in [0.15, 0.2) is 24.3 Å². The van der Waals surface area contributed by atoms with E-state index in [0.717, 1.165) is 24.1 Å². The molecular weight excluding hydrogens is 254 g/mol. The number of benzene rings is 1. The molecule has 4 N–H and O–H groups in total. The van der Waals surface area contributed by atoms with Gasteiger partial charge >= 0.3 is 0 Å². The summed E-state index contributed by atoms with van der Waals surface area (Å²) in [5, 5.41) is 5.66. The molecular formula is C15H21N3O2. The van der Waals surface area contributed by atoms with E-state index in [4.69, 9.17) is 5.73 Å². The number of carbonyl (C=O) groups excluding carboxylic acids is 2. The highest BCUT2D eigenvalue weighted by molar-refractivity contribution is 5.92. The molecule has 0 aromatic heterocycles. The van der Waals surface area contributed by atoms with Gasteiger partial charge in [0, 0.05) is 18.2 Å². The lowest BCUT2D eigenvalue weighted by atomic mass is 10.1. The summed E-state index contributed by atoms with van der Waals surface area (Å²) in [7, 11) is 0. The fraction of sp³-hybridized carbons (Fsp3) is 0.467. The summed E-state index contributed by atoms with van der Waals surface area (Å²) in [5.74, 6) is -0.190. The fourth-order valence-corrected chi connectivity index (χ4v) is 1.77. The lowest BCUT2D eigenvalue weighted by Crippen LogP contribution is -2.42. The zero-order chi connectivity index (χ0) is 14.8. The van der Waals surface area contributed by atoms with E-state index >= 15 is 0 Å². The Labute approximate surface area is 118 Å². The van der Waals surface area contributed by atoms with Crippen molar-refractivity contribution in [2.24, 2.45) is 11.7 Å². The monoisotopic (exact) mass is 275 g/mol. The molecule has 1 aromatic rings. The van der Waals surface area contributed by atoms with Gasteiger partial charge in [0.1, 0.15) is 0 Å². The molecule has 0 spiro atoms. The minimum absolute atomic E-state index is 0.0231. The number of carbonyl (C=O) groups is 2. The zero-order valence-corrected chi connectivity index (χ0v) is 11.9. The fourth-order valence-electron chi connectivity index (χ4n) is 1.77. The predicted molar refractivity (Wildman–Crippen MR) is 77.9 cm³/mol. The first-order valence-electron chi connectivity index (χ1n) is 6.88. The molecule has 1 aliphatic rings. The van der Waals surface area contributed by atoms with Gasteiger partial charge in [0.05, 0.1) is 5.54 Å². The van der Waals surface area contributed by atoms with Crippen LogP contribution in [0.3, 0.4) is 0 Å². The molecule has 1 aliphatic carbocycles. The van der Waals surface area contributed by atoms with Crippen LogP contribution in [0.25, 0.3) is 0 Å². The van der Waals surface area contributed by atoms with Crippen molar-refractivity contribution >= 4 is 17.5 Å². The Hall–Kier alpha value is -1.88. The third kappa shape index (κ3) is 3.57. The maximum atomic E-state index is 11.7. The number of rotatable bonds is 5. The van der Waals surface area contributed by atoms with Crippen LogP contribution in [0.2, 0.25) is 0 Å².